The number of guanidine groups is 1. The fourth-order valence-electron chi connectivity index (χ4n) is 1.93. The van der Waals surface area contributed by atoms with E-state index in [1.165, 1.54) is 19.3 Å². The molecule has 0 aromatic rings. The third kappa shape index (κ3) is 5.89. The van der Waals surface area contributed by atoms with Crippen molar-refractivity contribution >= 4 is 29.9 Å². The molecule has 1 saturated carbocycles. The van der Waals surface area contributed by atoms with Crippen molar-refractivity contribution in [3.05, 3.63) is 0 Å². The van der Waals surface area contributed by atoms with Gasteiger partial charge in [-0.1, -0.05) is 26.2 Å². The number of nitrogens with one attached hydrogen (secondary N) is 1. The van der Waals surface area contributed by atoms with Gasteiger partial charge in [-0.15, -0.1) is 24.0 Å². The summed E-state index contributed by atoms with van der Waals surface area (Å²) in [6.07, 6.45) is 7.01. The molecule has 1 fully saturated rings. The van der Waals surface area contributed by atoms with Crippen LogP contribution in [0.1, 0.15) is 45.4 Å². The molecular weight excluding hydrogens is 317 g/mol. The summed E-state index contributed by atoms with van der Waals surface area (Å²) in [5, 5.41) is 12.0. The summed E-state index contributed by atoms with van der Waals surface area (Å²) >= 11 is 0. The monoisotopic (exact) mass is 341 g/mol. The minimum atomic E-state index is 0. The number of nitrogens with zero attached hydrogens (tertiary/aromatic N) is 1. The molecule has 0 aromatic heterocycles. The lowest BCUT2D eigenvalue weighted by Crippen LogP contribution is -2.42. The molecule has 1 rings (SSSR count). The van der Waals surface area contributed by atoms with E-state index in [9.17, 15) is 0 Å². The zero-order valence-electron chi connectivity index (χ0n) is 9.98. The van der Waals surface area contributed by atoms with Gasteiger partial charge in [-0.25, -0.2) is 0 Å². The second-order valence-corrected chi connectivity index (χ2v) is 4.24. The Kier molecular flexibility index (Phi) is 9.02. The average molecular weight is 341 g/mol. The average Bonchev–Trinajstić information content (AvgIpc) is 2.27. The topological polar surface area (TPSA) is 70.6 Å². The Hall–Kier alpha value is -0.0400. The Morgan fingerprint density at radius 1 is 1.44 bits per heavy atom. The molecule has 0 bridgehead atoms. The molecule has 0 heterocycles. The minimum absolute atomic E-state index is 0. The highest BCUT2D eigenvalue weighted by Gasteiger charge is 2.13. The van der Waals surface area contributed by atoms with Gasteiger partial charge in [0.1, 0.15) is 0 Å². The third-order valence-electron chi connectivity index (χ3n) is 2.96. The number of halogens is 1. The molecule has 0 saturated heterocycles. The zero-order chi connectivity index (χ0) is 11.1. The second kappa shape index (κ2) is 9.04. The van der Waals surface area contributed by atoms with E-state index in [0.717, 1.165) is 19.3 Å². The summed E-state index contributed by atoms with van der Waals surface area (Å²) in [5.74, 6) is 0.489. The standard InChI is InChI=1S/C11H23N3O.HI/c1-2-9(8-15)13-11(12)14-10-6-4-3-5-7-10;/h9-10,15H,2-8H2,1H3,(H3,12,13,14);1H/t9-;/m1./s1. The van der Waals surface area contributed by atoms with Gasteiger partial charge in [-0.2, -0.15) is 0 Å². The largest absolute Gasteiger partial charge is 0.394 e. The number of nitrogens with two attached hydrogens (primary N) is 1. The van der Waals surface area contributed by atoms with E-state index in [2.05, 4.69) is 10.3 Å². The highest BCUT2D eigenvalue weighted by molar-refractivity contribution is 14.0. The molecule has 4 nitrogen and oxygen atoms in total. The molecule has 0 aromatic carbocycles. The molecule has 96 valence electrons. The first-order chi connectivity index (χ1) is 7.26. The van der Waals surface area contributed by atoms with E-state index in [0.29, 0.717) is 12.0 Å². The maximum absolute atomic E-state index is 9.01. The number of aliphatic hydroxyl groups excluding tert-OH is 1. The number of hydrogen-bond acceptors (Lipinski definition) is 2. The van der Waals surface area contributed by atoms with Crippen LogP contribution in [0.4, 0.5) is 0 Å². The highest BCUT2D eigenvalue weighted by atomic mass is 127. The lowest BCUT2D eigenvalue weighted by Gasteiger charge is -2.20. The van der Waals surface area contributed by atoms with E-state index in [1.807, 2.05) is 6.92 Å². The van der Waals surface area contributed by atoms with Gasteiger partial charge >= 0.3 is 0 Å². The summed E-state index contributed by atoms with van der Waals surface area (Å²) in [6, 6.07) is 0.430. The van der Waals surface area contributed by atoms with Crippen LogP contribution >= 0.6 is 24.0 Å². The normalized spacial score (nSPS) is 20.0. The number of aliphatic imine (C=N–C) groups is 1. The van der Waals surface area contributed by atoms with Gasteiger partial charge in [0.15, 0.2) is 5.96 Å². The SMILES string of the molecule is CC[C@H](CO)NC(N)=NC1CCCCC1.I. The van der Waals surface area contributed by atoms with Crippen molar-refractivity contribution in [1.82, 2.24) is 5.32 Å². The Bertz CT molecular complexity index is 201. The zero-order valence-corrected chi connectivity index (χ0v) is 12.3. The lowest BCUT2D eigenvalue weighted by molar-refractivity contribution is 0.252. The van der Waals surface area contributed by atoms with Gasteiger partial charge in [-0.3, -0.25) is 4.99 Å². The van der Waals surface area contributed by atoms with Crippen molar-refractivity contribution in [3.63, 3.8) is 0 Å². The first kappa shape index (κ1) is 16.0. The molecule has 0 spiro atoms. The van der Waals surface area contributed by atoms with E-state index < -0.39 is 0 Å². The van der Waals surface area contributed by atoms with Crippen molar-refractivity contribution in [2.24, 2.45) is 10.7 Å². The van der Waals surface area contributed by atoms with Crippen LogP contribution in [0.25, 0.3) is 0 Å². The highest BCUT2D eigenvalue weighted by Crippen LogP contribution is 2.19. The molecule has 16 heavy (non-hydrogen) atoms. The molecule has 1 aliphatic rings. The fraction of sp³-hybridized carbons (Fsp3) is 0.909. The van der Waals surface area contributed by atoms with Crippen molar-refractivity contribution in [1.29, 1.82) is 0 Å². The van der Waals surface area contributed by atoms with Crippen LogP contribution in [-0.2, 0) is 0 Å². The van der Waals surface area contributed by atoms with Crippen LogP contribution < -0.4 is 11.1 Å². The molecule has 4 N–H and O–H groups in total. The van der Waals surface area contributed by atoms with Crippen LogP contribution in [0.5, 0.6) is 0 Å². The Morgan fingerprint density at radius 3 is 2.56 bits per heavy atom. The summed E-state index contributed by atoms with van der Waals surface area (Å²) in [4.78, 5) is 4.44. The molecule has 0 amide bonds. The first-order valence-electron chi connectivity index (χ1n) is 5.97. The second-order valence-electron chi connectivity index (χ2n) is 4.24. The van der Waals surface area contributed by atoms with Gasteiger partial charge in [0.2, 0.25) is 0 Å². The molecule has 1 aliphatic carbocycles. The molecule has 0 aliphatic heterocycles. The quantitative estimate of drug-likeness (QED) is 0.413. The first-order valence-corrected chi connectivity index (χ1v) is 5.97. The molecule has 1 atom stereocenters. The van der Waals surface area contributed by atoms with Gasteiger partial charge < -0.3 is 16.2 Å². The van der Waals surface area contributed by atoms with Crippen LogP contribution in [0, 0.1) is 0 Å². The third-order valence-corrected chi connectivity index (χ3v) is 2.96. The molecule has 0 radical (unpaired) electrons. The van der Waals surface area contributed by atoms with Crippen molar-refractivity contribution in [3.8, 4) is 0 Å². The Labute approximate surface area is 115 Å². The van der Waals surface area contributed by atoms with Crippen molar-refractivity contribution in [2.75, 3.05) is 6.61 Å². The van der Waals surface area contributed by atoms with Gasteiger partial charge in [-0.05, 0) is 19.3 Å². The predicted octanol–water partition coefficient (Wildman–Crippen LogP) is 1.61. The lowest BCUT2D eigenvalue weighted by atomic mass is 9.96. The number of hydrogen-bond donors (Lipinski definition) is 3. The van der Waals surface area contributed by atoms with E-state index in [1.54, 1.807) is 0 Å². The summed E-state index contributed by atoms with van der Waals surface area (Å²) in [7, 11) is 0. The smallest absolute Gasteiger partial charge is 0.189 e. The van der Waals surface area contributed by atoms with Crippen molar-refractivity contribution in [2.45, 2.75) is 57.5 Å². The number of aliphatic hydroxyl groups is 1. The summed E-state index contributed by atoms with van der Waals surface area (Å²) < 4.78 is 0. The van der Waals surface area contributed by atoms with Crippen LogP contribution in [0.3, 0.4) is 0 Å². The summed E-state index contributed by atoms with van der Waals surface area (Å²) in [6.45, 7) is 2.12. The minimum Gasteiger partial charge on any atom is -0.394 e. The van der Waals surface area contributed by atoms with E-state index in [-0.39, 0.29) is 36.6 Å². The Morgan fingerprint density at radius 2 is 2.06 bits per heavy atom. The summed E-state index contributed by atoms with van der Waals surface area (Å²) in [5.41, 5.74) is 5.78. The van der Waals surface area contributed by atoms with Gasteiger partial charge in [0, 0.05) is 0 Å². The molecule has 0 unspecified atom stereocenters. The Balaban J connectivity index is 0.00000225. The van der Waals surface area contributed by atoms with Crippen molar-refractivity contribution < 1.29 is 5.11 Å². The maximum Gasteiger partial charge on any atom is 0.189 e. The maximum atomic E-state index is 9.01. The van der Waals surface area contributed by atoms with Crippen LogP contribution in [0.15, 0.2) is 4.99 Å². The van der Waals surface area contributed by atoms with Gasteiger partial charge in [0.05, 0.1) is 18.7 Å². The predicted molar refractivity (Wildman–Crippen MR) is 78.2 cm³/mol. The van der Waals surface area contributed by atoms with Crippen LogP contribution in [0.2, 0.25) is 0 Å². The number of rotatable bonds is 4. The van der Waals surface area contributed by atoms with E-state index >= 15 is 0 Å². The van der Waals surface area contributed by atoms with Gasteiger partial charge in [0.25, 0.3) is 0 Å². The molecule has 5 heteroatoms. The molecular formula is C11H24IN3O. The fourth-order valence-corrected chi connectivity index (χ4v) is 1.93. The van der Waals surface area contributed by atoms with E-state index in [4.69, 9.17) is 10.8 Å². The van der Waals surface area contributed by atoms with Crippen LogP contribution in [-0.4, -0.2) is 29.8 Å².